The molecule has 0 bridgehead atoms. The van der Waals surface area contributed by atoms with Gasteiger partial charge in [-0.1, -0.05) is 35.6 Å². The van der Waals surface area contributed by atoms with Crippen molar-refractivity contribution in [1.82, 2.24) is 4.98 Å². The first kappa shape index (κ1) is 18.4. The highest BCUT2D eigenvalue weighted by atomic mass is 79.9. The largest absolute Gasteiger partial charge is 1.00 e. The number of fused-ring (bicyclic) bond motifs is 3. The summed E-state index contributed by atoms with van der Waals surface area (Å²) < 4.78 is 5.10. The number of aryl methyl sites for hydroxylation is 2. The molecule has 26 heavy (non-hydrogen) atoms. The van der Waals surface area contributed by atoms with E-state index in [1.165, 1.54) is 23.1 Å². The average molecular weight is 431 g/mol. The van der Waals surface area contributed by atoms with Crippen LogP contribution in [0.25, 0.3) is 11.3 Å². The van der Waals surface area contributed by atoms with Crippen LogP contribution < -0.4 is 27.1 Å². The number of aromatic nitrogens is 1. The highest BCUT2D eigenvalue weighted by molar-refractivity contribution is 7.16. The third kappa shape index (κ3) is 3.59. The van der Waals surface area contributed by atoms with Crippen LogP contribution >= 0.6 is 11.3 Å². The predicted molar refractivity (Wildman–Crippen MR) is 101 cm³/mol. The summed E-state index contributed by atoms with van der Waals surface area (Å²) in [6.07, 6.45) is 3.75. The molecule has 1 aliphatic rings. The Morgan fingerprint density at radius 2 is 2.08 bits per heavy atom. The Morgan fingerprint density at radius 1 is 1.23 bits per heavy atom. The zero-order valence-corrected chi connectivity index (χ0v) is 16.5. The van der Waals surface area contributed by atoms with E-state index in [0.29, 0.717) is 5.75 Å². The maximum atomic E-state index is 9.62. The summed E-state index contributed by atoms with van der Waals surface area (Å²) in [6.45, 7) is 0. The quantitative estimate of drug-likeness (QED) is 0.479. The Balaban J connectivity index is 0.00000196. The number of halogens is 1. The SMILES string of the molecule is COc1cc(/C=N/Nc2nc3c(s2)CCc2ccccc2-3)ccc1O.[Br-]. The molecule has 1 aliphatic carbocycles. The molecule has 0 radical (unpaired) electrons. The molecular formula is C19H17BrN3O2S-. The Bertz CT molecular complexity index is 956. The van der Waals surface area contributed by atoms with Gasteiger partial charge in [-0.15, -0.1) is 0 Å². The van der Waals surface area contributed by atoms with Crippen LogP contribution in [0.1, 0.15) is 16.0 Å². The standard InChI is InChI=1S/C19H17N3O2S.BrH/c1-24-16-10-12(6-8-15(16)23)11-20-22-19-21-18-14-5-3-2-4-13(14)7-9-17(18)25-19;/h2-6,8,10-11,23H,7,9H2,1H3,(H,21,22);1H/p-1/b20-11+;. The topological polar surface area (TPSA) is 66.7 Å². The molecular weight excluding hydrogens is 414 g/mol. The van der Waals surface area contributed by atoms with Gasteiger partial charge in [0.05, 0.1) is 19.0 Å². The fourth-order valence-electron chi connectivity index (χ4n) is 2.93. The smallest absolute Gasteiger partial charge is 0.204 e. The Labute approximate surface area is 166 Å². The fraction of sp³-hybridized carbons (Fsp3) is 0.158. The fourth-order valence-corrected chi connectivity index (χ4v) is 3.86. The van der Waals surface area contributed by atoms with Crippen LogP contribution in [0.2, 0.25) is 0 Å². The first-order valence-electron chi connectivity index (χ1n) is 7.98. The number of nitrogens with one attached hydrogen (secondary N) is 1. The number of thiazole rings is 1. The average Bonchev–Trinajstić information content (AvgIpc) is 3.06. The Morgan fingerprint density at radius 3 is 2.92 bits per heavy atom. The molecule has 0 atom stereocenters. The van der Waals surface area contributed by atoms with Crippen molar-refractivity contribution in [2.75, 3.05) is 12.5 Å². The van der Waals surface area contributed by atoms with E-state index in [1.807, 2.05) is 0 Å². The molecule has 1 heterocycles. The van der Waals surface area contributed by atoms with Crippen LogP contribution in [0.5, 0.6) is 11.5 Å². The summed E-state index contributed by atoms with van der Waals surface area (Å²) in [5.41, 5.74) is 7.48. The second-order valence-electron chi connectivity index (χ2n) is 5.75. The van der Waals surface area contributed by atoms with Gasteiger partial charge >= 0.3 is 0 Å². The maximum absolute atomic E-state index is 9.62. The van der Waals surface area contributed by atoms with Crippen LogP contribution in [0, 0.1) is 0 Å². The van der Waals surface area contributed by atoms with Crippen LogP contribution in [-0.2, 0) is 12.8 Å². The van der Waals surface area contributed by atoms with Crippen LogP contribution in [0.4, 0.5) is 5.13 Å². The summed E-state index contributed by atoms with van der Waals surface area (Å²) in [7, 11) is 1.52. The number of ether oxygens (including phenoxy) is 1. The Hall–Kier alpha value is -2.38. The van der Waals surface area contributed by atoms with Gasteiger partial charge in [0.2, 0.25) is 5.13 Å². The number of anilines is 1. The molecule has 0 aliphatic heterocycles. The molecule has 5 nitrogen and oxygen atoms in total. The number of rotatable bonds is 4. The van der Waals surface area contributed by atoms with Gasteiger partial charge in [-0.2, -0.15) is 5.10 Å². The molecule has 3 aromatic rings. The van der Waals surface area contributed by atoms with Gasteiger partial charge in [-0.3, -0.25) is 5.43 Å². The second kappa shape index (κ2) is 7.88. The van der Waals surface area contributed by atoms with Crippen molar-refractivity contribution in [1.29, 1.82) is 0 Å². The monoisotopic (exact) mass is 430 g/mol. The molecule has 7 heteroatoms. The Kier molecular flexibility index (Phi) is 5.58. The maximum Gasteiger partial charge on any atom is 0.204 e. The van der Waals surface area contributed by atoms with Gasteiger partial charge in [0.15, 0.2) is 11.5 Å². The van der Waals surface area contributed by atoms with Crippen molar-refractivity contribution in [3.05, 3.63) is 58.5 Å². The number of benzene rings is 2. The highest BCUT2D eigenvalue weighted by Crippen LogP contribution is 2.37. The van der Waals surface area contributed by atoms with E-state index in [-0.39, 0.29) is 22.7 Å². The number of phenols is 1. The lowest BCUT2D eigenvalue weighted by molar-refractivity contribution is -0.00000607. The molecule has 0 unspecified atom stereocenters. The predicted octanol–water partition coefficient (Wildman–Crippen LogP) is 1.07. The summed E-state index contributed by atoms with van der Waals surface area (Å²) in [5.74, 6) is 0.532. The zero-order chi connectivity index (χ0) is 17.2. The summed E-state index contributed by atoms with van der Waals surface area (Å²) >= 11 is 1.64. The zero-order valence-electron chi connectivity index (χ0n) is 14.1. The van der Waals surface area contributed by atoms with Gasteiger partial charge in [-0.25, -0.2) is 4.98 Å². The molecule has 0 saturated heterocycles. The molecule has 134 valence electrons. The van der Waals surface area contributed by atoms with Gasteiger partial charge in [0.25, 0.3) is 0 Å². The first-order valence-corrected chi connectivity index (χ1v) is 8.80. The first-order chi connectivity index (χ1) is 12.2. The van der Waals surface area contributed by atoms with E-state index < -0.39 is 0 Å². The number of hydrazone groups is 1. The minimum Gasteiger partial charge on any atom is -1.00 e. The third-order valence-electron chi connectivity index (χ3n) is 4.17. The third-order valence-corrected chi connectivity index (χ3v) is 5.19. The van der Waals surface area contributed by atoms with Crippen molar-refractivity contribution >= 4 is 22.7 Å². The summed E-state index contributed by atoms with van der Waals surface area (Å²) in [6, 6.07) is 13.5. The molecule has 0 amide bonds. The molecule has 2 aromatic carbocycles. The van der Waals surface area contributed by atoms with E-state index in [0.717, 1.165) is 29.2 Å². The molecule has 0 saturated carbocycles. The van der Waals surface area contributed by atoms with Gasteiger partial charge in [0.1, 0.15) is 0 Å². The van der Waals surface area contributed by atoms with Crippen LogP contribution in [-0.4, -0.2) is 23.4 Å². The number of phenolic OH excluding ortho intramolecular Hbond substituents is 1. The van der Waals surface area contributed by atoms with Crippen molar-refractivity contribution < 1.29 is 26.8 Å². The lowest BCUT2D eigenvalue weighted by atomic mass is 9.94. The minimum atomic E-state index is 0. The molecule has 0 spiro atoms. The van der Waals surface area contributed by atoms with Gasteiger partial charge in [0, 0.05) is 10.4 Å². The molecule has 0 fully saturated rings. The van der Waals surface area contributed by atoms with Crippen molar-refractivity contribution in [3.8, 4) is 22.8 Å². The number of nitrogens with zero attached hydrogens (tertiary/aromatic N) is 2. The number of methoxy groups -OCH3 is 1. The van der Waals surface area contributed by atoms with Gasteiger partial charge < -0.3 is 26.8 Å². The molecule has 2 N–H and O–H groups in total. The lowest BCUT2D eigenvalue weighted by Gasteiger charge is -2.13. The van der Waals surface area contributed by atoms with Crippen LogP contribution in [0.15, 0.2) is 47.6 Å². The van der Waals surface area contributed by atoms with E-state index in [2.05, 4.69) is 34.8 Å². The van der Waals surface area contributed by atoms with Crippen LogP contribution in [0.3, 0.4) is 0 Å². The van der Waals surface area contributed by atoms with Crippen molar-refractivity contribution in [2.45, 2.75) is 12.8 Å². The van der Waals surface area contributed by atoms with E-state index in [4.69, 9.17) is 9.72 Å². The van der Waals surface area contributed by atoms with Crippen molar-refractivity contribution in [3.63, 3.8) is 0 Å². The van der Waals surface area contributed by atoms with E-state index >= 15 is 0 Å². The normalized spacial score (nSPS) is 12.2. The number of hydrogen-bond donors (Lipinski definition) is 2. The number of hydrogen-bond acceptors (Lipinski definition) is 6. The summed E-state index contributed by atoms with van der Waals surface area (Å²) in [5, 5.41) is 14.7. The van der Waals surface area contributed by atoms with E-state index in [9.17, 15) is 5.11 Å². The van der Waals surface area contributed by atoms with Gasteiger partial charge in [-0.05, 0) is 42.2 Å². The second-order valence-corrected chi connectivity index (χ2v) is 6.83. The minimum absolute atomic E-state index is 0. The van der Waals surface area contributed by atoms with Crippen molar-refractivity contribution in [2.24, 2.45) is 5.10 Å². The molecule has 4 rings (SSSR count). The summed E-state index contributed by atoms with van der Waals surface area (Å²) in [4.78, 5) is 5.99. The number of aromatic hydroxyl groups is 1. The molecule has 1 aromatic heterocycles. The lowest BCUT2D eigenvalue weighted by Crippen LogP contribution is -3.00. The highest BCUT2D eigenvalue weighted by Gasteiger charge is 2.20. The van der Waals surface area contributed by atoms with E-state index in [1.54, 1.807) is 35.8 Å².